The molecule has 0 atom stereocenters. The Kier molecular flexibility index (Phi) is 6.99. The van der Waals surface area contributed by atoms with E-state index in [1.807, 2.05) is 30.3 Å². The fourth-order valence-corrected chi connectivity index (χ4v) is 5.45. The van der Waals surface area contributed by atoms with Crippen LogP contribution >= 0.6 is 23.9 Å². The Morgan fingerprint density at radius 1 is 0.808 bits per heavy atom. The number of carbonyl (C=O) groups is 1. The molecule has 2 nitrogen and oxygen atoms in total. The van der Waals surface area contributed by atoms with Crippen molar-refractivity contribution in [1.29, 1.82) is 0 Å². The molecular weight excluding hydrogens is 407 g/mol. The third kappa shape index (κ3) is 4.81. The highest BCUT2D eigenvalue weighted by atomic mass is 79.9. The summed E-state index contributed by atoms with van der Waals surface area (Å²) in [5.41, 5.74) is 1.03. The number of ether oxygens (including phenoxy) is 1. The molecule has 0 saturated carbocycles. The molecular formula is C22H20BrO2P. The van der Waals surface area contributed by atoms with Crippen molar-refractivity contribution < 1.29 is 9.53 Å². The zero-order valence-corrected chi connectivity index (χ0v) is 16.8. The zero-order valence-electron chi connectivity index (χ0n) is 14.3. The second kappa shape index (κ2) is 9.66. The van der Waals surface area contributed by atoms with Gasteiger partial charge in [0.1, 0.15) is 6.61 Å². The van der Waals surface area contributed by atoms with Gasteiger partial charge >= 0.3 is 5.97 Å². The van der Waals surface area contributed by atoms with E-state index in [-0.39, 0.29) is 5.97 Å². The van der Waals surface area contributed by atoms with E-state index in [1.165, 1.54) is 15.9 Å². The van der Waals surface area contributed by atoms with Gasteiger partial charge in [0.2, 0.25) is 0 Å². The Morgan fingerprint density at radius 3 is 1.92 bits per heavy atom. The highest BCUT2D eigenvalue weighted by Crippen LogP contribution is 2.34. The summed E-state index contributed by atoms with van der Waals surface area (Å²) in [4.78, 5) is 12.2. The fourth-order valence-electron chi connectivity index (χ4n) is 2.82. The molecule has 0 radical (unpaired) electrons. The summed E-state index contributed by atoms with van der Waals surface area (Å²) in [6.45, 7) is 0.396. The van der Waals surface area contributed by atoms with Gasteiger partial charge in [-0.2, -0.15) is 0 Å². The Morgan fingerprint density at radius 2 is 1.35 bits per heavy atom. The van der Waals surface area contributed by atoms with E-state index in [4.69, 9.17) is 4.74 Å². The molecule has 26 heavy (non-hydrogen) atoms. The zero-order chi connectivity index (χ0) is 18.2. The first-order valence-electron chi connectivity index (χ1n) is 8.49. The van der Waals surface area contributed by atoms with E-state index in [9.17, 15) is 4.79 Å². The Hall–Kier alpha value is -1.96. The number of rotatable bonds is 7. The van der Waals surface area contributed by atoms with Crippen LogP contribution in [-0.4, -0.2) is 17.9 Å². The predicted octanol–water partition coefficient (Wildman–Crippen LogP) is 3.93. The van der Waals surface area contributed by atoms with Gasteiger partial charge in [0.05, 0.1) is 6.42 Å². The van der Waals surface area contributed by atoms with Gasteiger partial charge in [-0.1, -0.05) is 101 Å². The molecule has 0 aromatic heterocycles. The fraction of sp³-hybridized carbons (Fsp3) is 0.136. The molecule has 0 aliphatic carbocycles. The molecule has 4 heteroatoms. The number of benzene rings is 3. The Labute approximate surface area is 164 Å². The maximum atomic E-state index is 12.2. The van der Waals surface area contributed by atoms with Crippen LogP contribution < -0.4 is 15.9 Å². The van der Waals surface area contributed by atoms with Crippen LogP contribution in [0.1, 0.15) is 5.56 Å². The molecule has 3 aromatic carbocycles. The van der Waals surface area contributed by atoms with Gasteiger partial charge < -0.3 is 4.74 Å². The van der Waals surface area contributed by atoms with Crippen molar-refractivity contribution in [3.63, 3.8) is 0 Å². The van der Waals surface area contributed by atoms with Gasteiger partial charge in [0.15, 0.2) is 0 Å². The maximum Gasteiger partial charge on any atom is 0.310 e. The average molecular weight is 427 g/mol. The highest BCUT2D eigenvalue weighted by molar-refractivity contribution is 9.09. The van der Waals surface area contributed by atoms with Crippen molar-refractivity contribution in [3.05, 3.63) is 90.5 Å². The summed E-state index contributed by atoms with van der Waals surface area (Å²) >= 11 is 3.29. The number of hydrogen-bond acceptors (Lipinski definition) is 2. The van der Waals surface area contributed by atoms with Crippen molar-refractivity contribution in [2.45, 2.75) is 6.42 Å². The van der Waals surface area contributed by atoms with Crippen molar-refractivity contribution >= 4 is 45.7 Å². The number of hydrogen-bond donors (Lipinski definition) is 0. The van der Waals surface area contributed by atoms with Crippen molar-refractivity contribution in [2.24, 2.45) is 0 Å². The minimum atomic E-state index is -0.727. The summed E-state index contributed by atoms with van der Waals surface area (Å²) in [6, 6.07) is 29.2. The van der Waals surface area contributed by atoms with E-state index >= 15 is 0 Å². The molecule has 0 fully saturated rings. The first-order valence-corrected chi connectivity index (χ1v) is 11.0. The average Bonchev–Trinajstić information content (AvgIpc) is 2.69. The van der Waals surface area contributed by atoms with Gasteiger partial charge in [0, 0.05) is 5.33 Å². The molecule has 0 amide bonds. The smallest absolute Gasteiger partial charge is 0.310 e. The van der Waals surface area contributed by atoms with E-state index in [2.05, 4.69) is 70.5 Å². The standard InChI is InChI=1S/C22H20BrO2P/c23-15-16-25-22(24)17-18-9-7-8-14-21(18)26(19-10-3-1-4-11-19)20-12-5-2-6-13-20/h1-14H,15-17H2. The van der Waals surface area contributed by atoms with Gasteiger partial charge in [-0.25, -0.2) is 0 Å². The second-order valence-corrected chi connectivity index (χ2v) is 8.70. The van der Waals surface area contributed by atoms with Crippen LogP contribution in [0.3, 0.4) is 0 Å². The lowest BCUT2D eigenvalue weighted by Crippen LogP contribution is -2.24. The van der Waals surface area contributed by atoms with Crippen molar-refractivity contribution in [2.75, 3.05) is 11.9 Å². The quantitative estimate of drug-likeness (QED) is 0.325. The lowest BCUT2D eigenvalue weighted by atomic mass is 10.1. The van der Waals surface area contributed by atoms with Crippen LogP contribution in [0.25, 0.3) is 0 Å². The number of esters is 1. The van der Waals surface area contributed by atoms with Crippen molar-refractivity contribution in [3.8, 4) is 0 Å². The van der Waals surface area contributed by atoms with Crippen LogP contribution in [0, 0.1) is 0 Å². The summed E-state index contributed by atoms with van der Waals surface area (Å²) in [5, 5.41) is 4.40. The molecule has 3 rings (SSSR count). The number of carbonyl (C=O) groups excluding carboxylic acids is 1. The normalized spacial score (nSPS) is 10.7. The molecule has 0 aliphatic heterocycles. The Balaban J connectivity index is 2.01. The van der Waals surface area contributed by atoms with Gasteiger partial charge in [-0.3, -0.25) is 4.79 Å². The summed E-state index contributed by atoms with van der Waals surface area (Å²) in [7, 11) is -0.727. The first-order chi connectivity index (χ1) is 12.8. The monoisotopic (exact) mass is 426 g/mol. The summed E-state index contributed by atoms with van der Waals surface area (Å²) in [5.74, 6) is -0.187. The summed E-state index contributed by atoms with van der Waals surface area (Å²) < 4.78 is 5.26. The molecule has 0 heterocycles. The topological polar surface area (TPSA) is 26.3 Å². The lowest BCUT2D eigenvalue weighted by molar-refractivity contribution is -0.142. The largest absolute Gasteiger partial charge is 0.465 e. The predicted molar refractivity (Wildman–Crippen MR) is 114 cm³/mol. The van der Waals surface area contributed by atoms with Gasteiger partial charge in [0.25, 0.3) is 0 Å². The van der Waals surface area contributed by atoms with Crippen LogP contribution in [0.4, 0.5) is 0 Å². The SMILES string of the molecule is O=C(Cc1ccccc1P(c1ccccc1)c1ccccc1)OCCBr. The third-order valence-corrected chi connectivity index (χ3v) is 6.81. The molecule has 132 valence electrons. The van der Waals surface area contributed by atoms with Gasteiger partial charge in [-0.15, -0.1) is 0 Å². The molecule has 0 saturated heterocycles. The van der Waals surface area contributed by atoms with Crippen molar-refractivity contribution in [1.82, 2.24) is 0 Å². The van der Waals surface area contributed by atoms with E-state index in [0.29, 0.717) is 18.4 Å². The summed E-state index contributed by atoms with van der Waals surface area (Å²) in [6.07, 6.45) is 0.293. The number of alkyl halides is 1. The molecule has 0 unspecified atom stereocenters. The highest BCUT2D eigenvalue weighted by Gasteiger charge is 2.20. The molecule has 0 bridgehead atoms. The van der Waals surface area contributed by atoms with Crippen LogP contribution in [0.5, 0.6) is 0 Å². The molecule has 0 spiro atoms. The maximum absolute atomic E-state index is 12.2. The third-order valence-electron chi connectivity index (χ3n) is 3.94. The first kappa shape index (κ1) is 18.8. The van der Waals surface area contributed by atoms with E-state index in [1.54, 1.807) is 0 Å². The lowest BCUT2D eigenvalue weighted by Gasteiger charge is -2.22. The van der Waals surface area contributed by atoms with E-state index < -0.39 is 7.92 Å². The second-order valence-electron chi connectivity index (χ2n) is 5.72. The molecule has 3 aromatic rings. The van der Waals surface area contributed by atoms with Crippen LogP contribution in [0.15, 0.2) is 84.9 Å². The molecule has 0 aliphatic rings. The number of halogens is 1. The Bertz CT molecular complexity index is 798. The van der Waals surface area contributed by atoms with Crippen LogP contribution in [0.2, 0.25) is 0 Å². The van der Waals surface area contributed by atoms with Gasteiger partial charge in [-0.05, 0) is 29.4 Å². The van der Waals surface area contributed by atoms with E-state index in [0.717, 1.165) is 5.56 Å². The minimum Gasteiger partial charge on any atom is -0.465 e. The van der Waals surface area contributed by atoms with Crippen LogP contribution in [-0.2, 0) is 16.0 Å². The minimum absolute atomic E-state index is 0.187. The molecule has 0 N–H and O–H groups in total.